The molecule has 74 valence electrons. The van der Waals surface area contributed by atoms with Crippen molar-refractivity contribution in [2.75, 3.05) is 6.67 Å². The highest BCUT2D eigenvalue weighted by molar-refractivity contribution is 4.81. The highest BCUT2D eigenvalue weighted by Crippen LogP contribution is 2.29. The molecule has 0 heterocycles. The Kier molecular flexibility index (Phi) is 3.79. The van der Waals surface area contributed by atoms with Gasteiger partial charge in [-0.15, -0.1) is 0 Å². The Hall–Kier alpha value is -0.490. The molecule has 3 unspecified atom stereocenters. The molecule has 0 spiro atoms. The van der Waals surface area contributed by atoms with Gasteiger partial charge in [0.05, 0.1) is 0 Å². The SMILES string of the molecule is FCC(F)C(F)C(F)C(F)(F)F. The fourth-order valence-corrected chi connectivity index (χ4v) is 0.449. The van der Waals surface area contributed by atoms with Crippen LogP contribution < -0.4 is 0 Å². The van der Waals surface area contributed by atoms with E-state index in [1.807, 2.05) is 0 Å². The third kappa shape index (κ3) is 2.86. The average Bonchev–Trinajstić information content (AvgIpc) is 1.98. The Morgan fingerprint density at radius 1 is 1.00 bits per heavy atom. The van der Waals surface area contributed by atoms with Gasteiger partial charge in [-0.2, -0.15) is 13.2 Å². The van der Waals surface area contributed by atoms with E-state index in [0.29, 0.717) is 0 Å². The topological polar surface area (TPSA) is 0 Å². The molecule has 0 aliphatic carbocycles. The van der Waals surface area contributed by atoms with Gasteiger partial charge in [0, 0.05) is 0 Å². The van der Waals surface area contributed by atoms with Gasteiger partial charge in [-0.25, -0.2) is 17.6 Å². The smallest absolute Gasteiger partial charge is 0.248 e. The first-order valence-electron chi connectivity index (χ1n) is 2.85. The van der Waals surface area contributed by atoms with E-state index < -0.39 is 31.4 Å². The molecule has 7 heteroatoms. The van der Waals surface area contributed by atoms with Crippen molar-refractivity contribution >= 4 is 0 Å². The van der Waals surface area contributed by atoms with Crippen LogP contribution in [0.5, 0.6) is 0 Å². The summed E-state index contributed by atoms with van der Waals surface area (Å²) in [6.07, 6.45) is -16.0. The molecule has 0 aliphatic rings. The number of alkyl halides is 7. The minimum absolute atomic E-state index is 1.97. The molecule has 0 amide bonds. The average molecular weight is 198 g/mol. The molecular weight excluding hydrogens is 193 g/mol. The van der Waals surface area contributed by atoms with Crippen molar-refractivity contribution in [2.24, 2.45) is 0 Å². The van der Waals surface area contributed by atoms with Gasteiger partial charge in [0.15, 0.2) is 12.3 Å². The Bertz CT molecular complexity index is 130. The van der Waals surface area contributed by atoms with Crippen LogP contribution in [0.4, 0.5) is 30.7 Å². The number of halogens is 7. The fourth-order valence-electron chi connectivity index (χ4n) is 0.449. The van der Waals surface area contributed by atoms with Crippen LogP contribution in [0.1, 0.15) is 0 Å². The van der Waals surface area contributed by atoms with E-state index in [1.54, 1.807) is 0 Å². The van der Waals surface area contributed by atoms with Gasteiger partial charge in [0.2, 0.25) is 6.17 Å². The second-order valence-electron chi connectivity index (χ2n) is 2.06. The van der Waals surface area contributed by atoms with E-state index in [9.17, 15) is 30.7 Å². The van der Waals surface area contributed by atoms with Crippen molar-refractivity contribution in [1.29, 1.82) is 0 Å². The van der Waals surface area contributed by atoms with Crippen LogP contribution in [-0.4, -0.2) is 31.4 Å². The lowest BCUT2D eigenvalue weighted by Gasteiger charge is -2.17. The number of rotatable bonds is 3. The van der Waals surface area contributed by atoms with E-state index in [0.717, 1.165) is 0 Å². The summed E-state index contributed by atoms with van der Waals surface area (Å²) in [5.74, 6) is 0. The standard InChI is InChI=1S/C5H5F7/c6-1-2(7)3(8)4(9)5(10,11)12/h2-4H,1H2. The summed E-state index contributed by atoms with van der Waals surface area (Å²) in [6.45, 7) is -1.97. The molecule has 3 atom stereocenters. The van der Waals surface area contributed by atoms with E-state index in [-0.39, 0.29) is 0 Å². The summed E-state index contributed by atoms with van der Waals surface area (Å²) in [5, 5.41) is 0. The Morgan fingerprint density at radius 3 is 1.67 bits per heavy atom. The summed E-state index contributed by atoms with van der Waals surface area (Å²) in [7, 11) is 0. The quantitative estimate of drug-likeness (QED) is 0.611. The zero-order chi connectivity index (χ0) is 9.94. The molecule has 0 rings (SSSR count). The van der Waals surface area contributed by atoms with E-state index in [2.05, 4.69) is 0 Å². The first-order chi connectivity index (χ1) is 5.30. The van der Waals surface area contributed by atoms with Crippen molar-refractivity contribution in [3.8, 4) is 0 Å². The van der Waals surface area contributed by atoms with Gasteiger partial charge >= 0.3 is 6.18 Å². The Morgan fingerprint density at radius 2 is 1.42 bits per heavy atom. The van der Waals surface area contributed by atoms with Crippen LogP contribution in [0, 0.1) is 0 Å². The van der Waals surface area contributed by atoms with Gasteiger partial charge in [-0.05, 0) is 0 Å². The molecule has 0 N–H and O–H groups in total. The van der Waals surface area contributed by atoms with E-state index in [1.165, 1.54) is 0 Å². The van der Waals surface area contributed by atoms with Gasteiger partial charge in [0.1, 0.15) is 6.67 Å². The molecule has 0 aromatic rings. The zero-order valence-corrected chi connectivity index (χ0v) is 5.58. The highest BCUT2D eigenvalue weighted by Gasteiger charge is 2.49. The first kappa shape index (κ1) is 11.5. The van der Waals surface area contributed by atoms with Crippen LogP contribution >= 0.6 is 0 Å². The van der Waals surface area contributed by atoms with Crippen molar-refractivity contribution in [1.82, 2.24) is 0 Å². The minimum Gasteiger partial charge on any atom is -0.248 e. The maximum absolute atomic E-state index is 12.0. The molecule has 0 nitrogen and oxygen atoms in total. The monoisotopic (exact) mass is 198 g/mol. The van der Waals surface area contributed by atoms with Crippen LogP contribution in [0.25, 0.3) is 0 Å². The summed E-state index contributed by atoms with van der Waals surface area (Å²) >= 11 is 0. The summed E-state index contributed by atoms with van der Waals surface area (Å²) in [4.78, 5) is 0. The lowest BCUT2D eigenvalue weighted by molar-refractivity contribution is -0.202. The molecular formula is C5H5F7. The van der Waals surface area contributed by atoms with Crippen molar-refractivity contribution in [3.63, 3.8) is 0 Å². The molecule has 0 aromatic heterocycles. The summed E-state index contributed by atoms with van der Waals surface area (Å²) < 4.78 is 80.7. The second-order valence-corrected chi connectivity index (χ2v) is 2.06. The zero-order valence-electron chi connectivity index (χ0n) is 5.58. The third-order valence-electron chi connectivity index (χ3n) is 1.09. The van der Waals surface area contributed by atoms with Crippen molar-refractivity contribution < 1.29 is 30.7 Å². The number of hydrogen-bond acceptors (Lipinski definition) is 0. The van der Waals surface area contributed by atoms with E-state index in [4.69, 9.17) is 0 Å². The maximum atomic E-state index is 12.0. The molecule has 0 saturated heterocycles. The minimum atomic E-state index is -5.49. The van der Waals surface area contributed by atoms with Gasteiger partial charge in [-0.1, -0.05) is 0 Å². The molecule has 0 bridgehead atoms. The van der Waals surface area contributed by atoms with Crippen LogP contribution in [-0.2, 0) is 0 Å². The Balaban J connectivity index is 4.19. The van der Waals surface area contributed by atoms with Crippen LogP contribution in [0.3, 0.4) is 0 Å². The highest BCUT2D eigenvalue weighted by atomic mass is 19.4. The fraction of sp³-hybridized carbons (Fsp3) is 1.00. The van der Waals surface area contributed by atoms with Crippen molar-refractivity contribution in [3.05, 3.63) is 0 Å². The third-order valence-corrected chi connectivity index (χ3v) is 1.09. The molecule has 0 aromatic carbocycles. The summed E-state index contributed by atoms with van der Waals surface area (Å²) in [6, 6.07) is 0. The maximum Gasteiger partial charge on any atom is 0.422 e. The second kappa shape index (κ2) is 3.95. The molecule has 0 fully saturated rings. The van der Waals surface area contributed by atoms with Crippen molar-refractivity contribution in [2.45, 2.75) is 24.7 Å². The predicted octanol–water partition coefficient (Wildman–Crippen LogP) is 2.53. The van der Waals surface area contributed by atoms with E-state index >= 15 is 0 Å². The first-order valence-corrected chi connectivity index (χ1v) is 2.85. The van der Waals surface area contributed by atoms with Crippen LogP contribution in [0.2, 0.25) is 0 Å². The normalized spacial score (nSPS) is 20.2. The molecule has 12 heavy (non-hydrogen) atoms. The van der Waals surface area contributed by atoms with Gasteiger partial charge < -0.3 is 0 Å². The predicted molar refractivity (Wildman–Crippen MR) is 26.7 cm³/mol. The largest absolute Gasteiger partial charge is 0.422 e. The molecule has 0 saturated carbocycles. The molecule has 0 aliphatic heterocycles. The molecule has 0 radical (unpaired) electrons. The van der Waals surface area contributed by atoms with Gasteiger partial charge in [-0.3, -0.25) is 0 Å². The number of hydrogen-bond donors (Lipinski definition) is 0. The van der Waals surface area contributed by atoms with Gasteiger partial charge in [0.25, 0.3) is 0 Å². The summed E-state index contributed by atoms with van der Waals surface area (Å²) in [5.41, 5.74) is 0. The lowest BCUT2D eigenvalue weighted by Crippen LogP contribution is -2.39. The Labute approximate surface area is 63.4 Å². The van der Waals surface area contributed by atoms with Crippen LogP contribution in [0.15, 0.2) is 0 Å². The lowest BCUT2D eigenvalue weighted by atomic mass is 10.1.